The van der Waals surface area contributed by atoms with Crippen molar-refractivity contribution >= 4 is 33.0 Å². The van der Waals surface area contributed by atoms with Gasteiger partial charge in [-0.25, -0.2) is 4.98 Å². The SMILES string of the molecule is CNc1nc2ncc(Br)cc2[nH]1. The summed E-state index contributed by atoms with van der Waals surface area (Å²) in [6.45, 7) is 0. The van der Waals surface area contributed by atoms with Crippen molar-refractivity contribution in [1.29, 1.82) is 0 Å². The molecular weight excluding hydrogens is 220 g/mol. The van der Waals surface area contributed by atoms with Gasteiger partial charge in [0.25, 0.3) is 0 Å². The van der Waals surface area contributed by atoms with E-state index >= 15 is 0 Å². The minimum absolute atomic E-state index is 0.725. The molecule has 0 amide bonds. The zero-order valence-electron chi connectivity index (χ0n) is 6.43. The molecule has 0 aliphatic heterocycles. The van der Waals surface area contributed by atoms with Gasteiger partial charge in [0, 0.05) is 17.7 Å². The second-order valence-electron chi connectivity index (χ2n) is 2.36. The summed E-state index contributed by atoms with van der Waals surface area (Å²) in [7, 11) is 1.81. The Hall–Kier alpha value is -1.10. The third-order valence-corrected chi connectivity index (χ3v) is 1.97. The minimum atomic E-state index is 0.725. The van der Waals surface area contributed by atoms with E-state index in [-0.39, 0.29) is 0 Å². The quantitative estimate of drug-likeness (QED) is 0.780. The van der Waals surface area contributed by atoms with Crippen molar-refractivity contribution in [2.75, 3.05) is 12.4 Å². The molecule has 62 valence electrons. The van der Waals surface area contributed by atoms with Crippen LogP contribution in [0.3, 0.4) is 0 Å². The lowest BCUT2D eigenvalue weighted by atomic mass is 10.4. The summed E-state index contributed by atoms with van der Waals surface area (Å²) >= 11 is 3.33. The Kier molecular flexibility index (Phi) is 1.73. The third kappa shape index (κ3) is 1.16. The van der Waals surface area contributed by atoms with Crippen LogP contribution in [0.25, 0.3) is 11.2 Å². The highest BCUT2D eigenvalue weighted by Gasteiger charge is 2.01. The molecule has 0 atom stereocenters. The Labute approximate surface area is 77.5 Å². The number of fused-ring (bicyclic) bond motifs is 1. The molecule has 2 N–H and O–H groups in total. The molecule has 12 heavy (non-hydrogen) atoms. The van der Waals surface area contributed by atoms with Gasteiger partial charge in [-0.1, -0.05) is 0 Å². The number of pyridine rings is 1. The van der Waals surface area contributed by atoms with E-state index < -0.39 is 0 Å². The molecule has 2 heterocycles. The van der Waals surface area contributed by atoms with Crippen LogP contribution in [0.5, 0.6) is 0 Å². The zero-order valence-corrected chi connectivity index (χ0v) is 8.01. The van der Waals surface area contributed by atoms with Crippen LogP contribution in [0.1, 0.15) is 0 Å². The fourth-order valence-corrected chi connectivity index (χ4v) is 1.32. The molecular formula is C7H7BrN4. The van der Waals surface area contributed by atoms with Crippen molar-refractivity contribution in [2.24, 2.45) is 0 Å². The Morgan fingerprint density at radius 1 is 1.58 bits per heavy atom. The number of aromatic amines is 1. The van der Waals surface area contributed by atoms with Crippen LogP contribution in [0.2, 0.25) is 0 Å². The number of nitrogens with one attached hydrogen (secondary N) is 2. The minimum Gasteiger partial charge on any atom is -0.359 e. The first kappa shape index (κ1) is 7.54. The van der Waals surface area contributed by atoms with Crippen LogP contribution in [-0.2, 0) is 0 Å². The van der Waals surface area contributed by atoms with Crippen LogP contribution in [0.15, 0.2) is 16.7 Å². The van der Waals surface area contributed by atoms with E-state index in [2.05, 4.69) is 36.2 Å². The Morgan fingerprint density at radius 3 is 3.17 bits per heavy atom. The van der Waals surface area contributed by atoms with Gasteiger partial charge >= 0.3 is 0 Å². The Morgan fingerprint density at radius 2 is 2.42 bits per heavy atom. The summed E-state index contributed by atoms with van der Waals surface area (Å²) < 4.78 is 0.946. The predicted molar refractivity (Wildman–Crippen MR) is 51.1 cm³/mol. The first-order valence-electron chi connectivity index (χ1n) is 3.48. The van der Waals surface area contributed by atoms with E-state index in [9.17, 15) is 0 Å². The van der Waals surface area contributed by atoms with Gasteiger partial charge in [-0.05, 0) is 22.0 Å². The Balaban J connectivity index is 2.67. The van der Waals surface area contributed by atoms with E-state index in [1.807, 2.05) is 13.1 Å². The molecule has 2 rings (SSSR count). The highest BCUT2D eigenvalue weighted by molar-refractivity contribution is 9.10. The van der Waals surface area contributed by atoms with Gasteiger partial charge in [-0.2, -0.15) is 4.98 Å². The summed E-state index contributed by atoms with van der Waals surface area (Å²) in [5.41, 5.74) is 1.65. The van der Waals surface area contributed by atoms with Crippen molar-refractivity contribution < 1.29 is 0 Å². The maximum Gasteiger partial charge on any atom is 0.202 e. The molecule has 0 spiro atoms. The third-order valence-electron chi connectivity index (χ3n) is 1.54. The number of hydrogen-bond donors (Lipinski definition) is 2. The molecule has 0 saturated heterocycles. The number of hydrogen-bond acceptors (Lipinski definition) is 3. The number of nitrogens with zero attached hydrogens (tertiary/aromatic N) is 2. The summed E-state index contributed by atoms with van der Waals surface area (Å²) in [6, 6.07) is 1.94. The largest absolute Gasteiger partial charge is 0.359 e. The lowest BCUT2D eigenvalue weighted by molar-refractivity contribution is 1.26. The van der Waals surface area contributed by atoms with Crippen LogP contribution in [0, 0.1) is 0 Å². The molecule has 4 nitrogen and oxygen atoms in total. The highest BCUT2D eigenvalue weighted by atomic mass is 79.9. The second-order valence-corrected chi connectivity index (χ2v) is 3.28. The molecule has 2 aromatic rings. The van der Waals surface area contributed by atoms with Gasteiger partial charge in [0.15, 0.2) is 5.65 Å². The smallest absolute Gasteiger partial charge is 0.202 e. The lowest BCUT2D eigenvalue weighted by Crippen LogP contribution is -1.88. The first-order chi connectivity index (χ1) is 5.79. The van der Waals surface area contributed by atoms with E-state index in [0.717, 1.165) is 21.6 Å². The predicted octanol–water partition coefficient (Wildman–Crippen LogP) is 1.76. The van der Waals surface area contributed by atoms with Crippen LogP contribution >= 0.6 is 15.9 Å². The topological polar surface area (TPSA) is 53.6 Å². The molecule has 2 aromatic heterocycles. The molecule has 0 radical (unpaired) electrons. The van der Waals surface area contributed by atoms with E-state index in [1.165, 1.54) is 0 Å². The maximum atomic E-state index is 4.17. The fourth-order valence-electron chi connectivity index (χ4n) is 0.993. The molecule has 5 heteroatoms. The monoisotopic (exact) mass is 226 g/mol. The van der Waals surface area contributed by atoms with Crippen molar-refractivity contribution in [3.8, 4) is 0 Å². The van der Waals surface area contributed by atoms with E-state index in [4.69, 9.17) is 0 Å². The second kappa shape index (κ2) is 2.75. The number of H-pyrrole nitrogens is 1. The number of imidazole rings is 1. The van der Waals surface area contributed by atoms with Crippen LogP contribution in [0.4, 0.5) is 5.95 Å². The standard InChI is InChI=1S/C7H7BrN4/c1-9-7-11-5-2-4(8)3-10-6(5)12-7/h2-3H,1H3,(H2,9,10,11,12). The van der Waals surface area contributed by atoms with E-state index in [1.54, 1.807) is 6.20 Å². The van der Waals surface area contributed by atoms with Gasteiger partial charge in [-0.15, -0.1) is 0 Å². The van der Waals surface area contributed by atoms with Gasteiger partial charge in [-0.3, -0.25) is 0 Å². The number of anilines is 1. The fraction of sp³-hybridized carbons (Fsp3) is 0.143. The molecule has 0 unspecified atom stereocenters. The number of rotatable bonds is 1. The lowest BCUT2D eigenvalue weighted by Gasteiger charge is -1.87. The maximum absolute atomic E-state index is 4.17. The average Bonchev–Trinajstić information content (AvgIpc) is 2.46. The van der Waals surface area contributed by atoms with Gasteiger partial charge in [0.2, 0.25) is 5.95 Å². The molecule has 0 saturated carbocycles. The van der Waals surface area contributed by atoms with E-state index in [0.29, 0.717) is 0 Å². The summed E-state index contributed by atoms with van der Waals surface area (Å²) in [6.07, 6.45) is 1.72. The van der Waals surface area contributed by atoms with Gasteiger partial charge in [0.05, 0.1) is 5.52 Å². The number of aromatic nitrogens is 3. The summed E-state index contributed by atoms with van der Waals surface area (Å²) in [5, 5.41) is 2.91. The van der Waals surface area contributed by atoms with Crippen molar-refractivity contribution in [3.63, 3.8) is 0 Å². The molecule has 0 aliphatic rings. The summed E-state index contributed by atoms with van der Waals surface area (Å²) in [5.74, 6) is 0.732. The van der Waals surface area contributed by atoms with Crippen LogP contribution < -0.4 is 5.32 Å². The Bertz CT molecular complexity index is 409. The van der Waals surface area contributed by atoms with Crippen molar-refractivity contribution in [3.05, 3.63) is 16.7 Å². The molecule has 0 aromatic carbocycles. The molecule has 0 bridgehead atoms. The van der Waals surface area contributed by atoms with Crippen molar-refractivity contribution in [1.82, 2.24) is 15.0 Å². The zero-order chi connectivity index (χ0) is 8.55. The van der Waals surface area contributed by atoms with Crippen molar-refractivity contribution in [2.45, 2.75) is 0 Å². The van der Waals surface area contributed by atoms with Gasteiger partial charge < -0.3 is 10.3 Å². The summed E-state index contributed by atoms with van der Waals surface area (Å²) in [4.78, 5) is 11.4. The number of halogens is 1. The average molecular weight is 227 g/mol. The highest BCUT2D eigenvalue weighted by Crippen LogP contribution is 2.16. The molecule has 0 fully saturated rings. The first-order valence-corrected chi connectivity index (χ1v) is 4.28. The van der Waals surface area contributed by atoms with Gasteiger partial charge in [0.1, 0.15) is 0 Å². The normalized spacial score (nSPS) is 10.5. The molecule has 0 aliphatic carbocycles. The van der Waals surface area contributed by atoms with Crippen LogP contribution in [-0.4, -0.2) is 22.0 Å².